The first kappa shape index (κ1) is 14.0. The van der Waals surface area contributed by atoms with Gasteiger partial charge in [-0.15, -0.1) is 0 Å². The molecule has 1 nitrogen and oxygen atoms in total. The maximum Gasteiger partial charge on any atom is 0.129 e. The van der Waals surface area contributed by atoms with Crippen LogP contribution in [0.4, 0.5) is 0 Å². The Labute approximate surface area is 94.1 Å². The Bertz CT molecular complexity index is 134. The molecule has 0 aliphatic carbocycles. The van der Waals surface area contributed by atoms with Crippen molar-refractivity contribution in [2.45, 2.75) is 64.7 Å². The van der Waals surface area contributed by atoms with Crippen LogP contribution in [-0.2, 0) is 4.79 Å². The zero-order valence-electron chi connectivity index (χ0n) is 9.43. The molecule has 0 bridgehead atoms. The van der Waals surface area contributed by atoms with Crippen molar-refractivity contribution in [3.05, 3.63) is 0 Å². The van der Waals surface area contributed by atoms with Gasteiger partial charge in [0.1, 0.15) is 5.78 Å². The van der Waals surface area contributed by atoms with Gasteiger partial charge in [-0.25, -0.2) is 0 Å². The number of ketones is 1. The molecule has 0 spiro atoms. The average molecular weight is 216 g/mol. The largest absolute Gasteiger partial charge is 0.300 e. The van der Waals surface area contributed by atoms with Gasteiger partial charge in [0.2, 0.25) is 0 Å². The van der Waals surface area contributed by atoms with E-state index >= 15 is 0 Å². The van der Waals surface area contributed by atoms with Gasteiger partial charge in [0.15, 0.2) is 0 Å². The molecule has 0 aromatic rings. The third kappa shape index (κ3) is 12.0. The summed E-state index contributed by atoms with van der Waals surface area (Å²) in [6.45, 7) is 1.68. The summed E-state index contributed by atoms with van der Waals surface area (Å²) in [5, 5.41) is 0. The number of Topliss-reactive ketones (excluding diaryl/α,β-unsaturated/α-hetero) is 1. The Kier molecular flexibility index (Phi) is 11.1. The molecule has 0 radical (unpaired) electrons. The number of hydrogen-bond donors (Lipinski definition) is 1. The lowest BCUT2D eigenvalue weighted by atomic mass is 10.1. The summed E-state index contributed by atoms with van der Waals surface area (Å²) < 4.78 is 0. The molecule has 0 rings (SSSR count). The highest BCUT2D eigenvalue weighted by Crippen LogP contribution is 2.09. The van der Waals surface area contributed by atoms with Gasteiger partial charge in [0.05, 0.1) is 0 Å². The second-order valence-electron chi connectivity index (χ2n) is 4.00. The molecule has 0 heterocycles. The summed E-state index contributed by atoms with van der Waals surface area (Å²) in [6.07, 6.45) is 11.0. The Hall–Kier alpha value is 0.0200. The van der Waals surface area contributed by atoms with Gasteiger partial charge in [0.25, 0.3) is 0 Å². The summed E-state index contributed by atoms with van der Waals surface area (Å²) in [5.74, 6) is 1.36. The molecule has 84 valence electrons. The van der Waals surface area contributed by atoms with E-state index in [0.29, 0.717) is 5.78 Å². The fourth-order valence-electron chi connectivity index (χ4n) is 1.55. The Morgan fingerprint density at radius 3 is 1.71 bits per heavy atom. The normalized spacial score (nSPS) is 10.4. The van der Waals surface area contributed by atoms with Crippen molar-refractivity contribution in [1.82, 2.24) is 0 Å². The molecule has 0 saturated heterocycles. The molecule has 14 heavy (non-hydrogen) atoms. The predicted octanol–water partition coefficient (Wildman–Crippen LogP) is 4.02. The second-order valence-corrected chi connectivity index (χ2v) is 4.45. The fourth-order valence-corrected chi connectivity index (χ4v) is 1.77. The molecule has 0 N–H and O–H groups in total. The summed E-state index contributed by atoms with van der Waals surface area (Å²) >= 11 is 4.18. The van der Waals surface area contributed by atoms with E-state index in [-0.39, 0.29) is 0 Å². The molecule has 0 aliphatic heterocycles. The van der Waals surface area contributed by atoms with Crippen LogP contribution in [0.3, 0.4) is 0 Å². The van der Waals surface area contributed by atoms with Crippen LogP contribution in [0, 0.1) is 0 Å². The third-order valence-electron chi connectivity index (χ3n) is 2.44. The van der Waals surface area contributed by atoms with Crippen LogP contribution in [0.15, 0.2) is 0 Å². The highest BCUT2D eigenvalue weighted by molar-refractivity contribution is 7.80. The van der Waals surface area contributed by atoms with Gasteiger partial charge in [-0.2, -0.15) is 12.6 Å². The van der Waals surface area contributed by atoms with Crippen LogP contribution in [0.2, 0.25) is 0 Å². The van der Waals surface area contributed by atoms with E-state index in [1.54, 1.807) is 6.92 Å². The van der Waals surface area contributed by atoms with E-state index in [1.165, 1.54) is 44.9 Å². The molecule has 0 amide bonds. The number of thiol groups is 1. The number of carbonyl (C=O) groups is 1. The van der Waals surface area contributed by atoms with Crippen LogP contribution >= 0.6 is 12.6 Å². The van der Waals surface area contributed by atoms with Crippen LogP contribution < -0.4 is 0 Å². The first-order chi connectivity index (χ1) is 6.77. The first-order valence-electron chi connectivity index (χ1n) is 5.87. The Morgan fingerprint density at radius 1 is 0.857 bits per heavy atom. The summed E-state index contributed by atoms with van der Waals surface area (Å²) in [6, 6.07) is 0. The molecule has 0 unspecified atom stereocenters. The monoisotopic (exact) mass is 216 g/mol. The van der Waals surface area contributed by atoms with Gasteiger partial charge < -0.3 is 4.79 Å². The third-order valence-corrected chi connectivity index (χ3v) is 2.75. The number of unbranched alkanes of at least 4 members (excludes halogenated alkanes) is 7. The second kappa shape index (κ2) is 11.1. The average Bonchev–Trinajstić information content (AvgIpc) is 2.15. The van der Waals surface area contributed by atoms with Crippen molar-refractivity contribution in [3.63, 3.8) is 0 Å². The van der Waals surface area contributed by atoms with Gasteiger partial charge in [-0.05, 0) is 25.5 Å². The highest BCUT2D eigenvalue weighted by atomic mass is 32.1. The minimum absolute atomic E-state index is 0.332. The summed E-state index contributed by atoms with van der Waals surface area (Å²) in [7, 11) is 0. The maximum absolute atomic E-state index is 10.6. The van der Waals surface area contributed by atoms with Crippen molar-refractivity contribution in [1.29, 1.82) is 0 Å². The van der Waals surface area contributed by atoms with Crippen LogP contribution in [-0.4, -0.2) is 11.5 Å². The number of carbonyl (C=O) groups excluding carboxylic acids is 1. The lowest BCUT2D eigenvalue weighted by molar-refractivity contribution is -0.117. The molecular weight excluding hydrogens is 192 g/mol. The number of hydrogen-bond acceptors (Lipinski definition) is 2. The lowest BCUT2D eigenvalue weighted by Gasteiger charge is -2.00. The van der Waals surface area contributed by atoms with Crippen molar-refractivity contribution >= 4 is 18.4 Å². The van der Waals surface area contributed by atoms with Gasteiger partial charge in [0, 0.05) is 6.42 Å². The number of rotatable bonds is 10. The van der Waals surface area contributed by atoms with E-state index in [0.717, 1.165) is 18.6 Å². The van der Waals surface area contributed by atoms with E-state index < -0.39 is 0 Å². The highest BCUT2D eigenvalue weighted by Gasteiger charge is 1.94. The maximum atomic E-state index is 10.6. The van der Waals surface area contributed by atoms with E-state index in [2.05, 4.69) is 12.6 Å². The predicted molar refractivity (Wildman–Crippen MR) is 66.1 cm³/mol. The molecule has 0 saturated carbocycles. The molecule has 2 heteroatoms. The summed E-state index contributed by atoms with van der Waals surface area (Å²) in [5.41, 5.74) is 0. The van der Waals surface area contributed by atoms with E-state index in [9.17, 15) is 4.79 Å². The molecule has 0 aliphatic rings. The molecule has 0 atom stereocenters. The van der Waals surface area contributed by atoms with Gasteiger partial charge in [-0.1, -0.05) is 38.5 Å². The smallest absolute Gasteiger partial charge is 0.129 e. The van der Waals surface area contributed by atoms with Gasteiger partial charge in [-0.3, -0.25) is 0 Å². The standard InChI is InChI=1S/C12H24OS/c1-12(13)10-8-6-4-2-3-5-7-9-11-14/h14H,2-11H2,1H3. The summed E-state index contributed by atoms with van der Waals surface area (Å²) in [4.78, 5) is 10.6. The minimum Gasteiger partial charge on any atom is -0.300 e. The minimum atomic E-state index is 0.332. The SMILES string of the molecule is CC(=O)CCCCCCCCCCS. The van der Waals surface area contributed by atoms with Crippen LogP contribution in [0.1, 0.15) is 64.7 Å². The van der Waals surface area contributed by atoms with Crippen molar-refractivity contribution in [3.8, 4) is 0 Å². The molecular formula is C12H24OS. The van der Waals surface area contributed by atoms with Crippen molar-refractivity contribution < 1.29 is 4.79 Å². The topological polar surface area (TPSA) is 17.1 Å². The quantitative estimate of drug-likeness (QED) is 0.431. The van der Waals surface area contributed by atoms with Crippen LogP contribution in [0.5, 0.6) is 0 Å². The Morgan fingerprint density at radius 2 is 1.29 bits per heavy atom. The van der Waals surface area contributed by atoms with E-state index in [1.807, 2.05) is 0 Å². The lowest BCUT2D eigenvalue weighted by Crippen LogP contribution is -1.89. The van der Waals surface area contributed by atoms with Gasteiger partial charge >= 0.3 is 0 Å². The van der Waals surface area contributed by atoms with Crippen LogP contribution in [0.25, 0.3) is 0 Å². The fraction of sp³-hybridized carbons (Fsp3) is 0.917. The van der Waals surface area contributed by atoms with E-state index in [4.69, 9.17) is 0 Å². The zero-order chi connectivity index (χ0) is 10.6. The zero-order valence-corrected chi connectivity index (χ0v) is 10.3. The van der Waals surface area contributed by atoms with Crippen molar-refractivity contribution in [2.75, 3.05) is 5.75 Å². The molecule has 0 aromatic carbocycles. The first-order valence-corrected chi connectivity index (χ1v) is 6.51. The van der Waals surface area contributed by atoms with Crippen molar-refractivity contribution in [2.24, 2.45) is 0 Å². The molecule has 0 aromatic heterocycles. The Balaban J connectivity index is 2.88. The molecule has 0 fully saturated rings.